The van der Waals surface area contributed by atoms with Crippen molar-refractivity contribution in [1.82, 2.24) is 9.47 Å². The summed E-state index contributed by atoms with van der Waals surface area (Å²) in [5.74, 6) is 1.76. The molecule has 1 aliphatic rings. The predicted molar refractivity (Wildman–Crippen MR) is 91.3 cm³/mol. The molecule has 124 valence electrons. The SMILES string of the molecule is CCOc1ccccc1CN1CCn2c(cc3oc(C)cc32)C1=O. The minimum Gasteiger partial charge on any atom is -0.494 e. The van der Waals surface area contributed by atoms with Gasteiger partial charge in [0.1, 0.15) is 17.2 Å². The van der Waals surface area contributed by atoms with Crippen LogP contribution >= 0.6 is 0 Å². The zero-order valence-electron chi connectivity index (χ0n) is 13.9. The summed E-state index contributed by atoms with van der Waals surface area (Å²) in [5, 5.41) is 0. The predicted octanol–water partition coefficient (Wildman–Crippen LogP) is 3.60. The van der Waals surface area contributed by atoms with Gasteiger partial charge in [0.15, 0.2) is 5.58 Å². The molecule has 0 N–H and O–H groups in total. The van der Waals surface area contributed by atoms with Crippen LogP contribution in [0.2, 0.25) is 0 Å². The Labute approximate surface area is 140 Å². The maximum atomic E-state index is 12.9. The first kappa shape index (κ1) is 14.9. The van der Waals surface area contributed by atoms with Crippen molar-refractivity contribution in [2.24, 2.45) is 0 Å². The molecule has 0 saturated heterocycles. The minimum absolute atomic E-state index is 0.0385. The van der Waals surface area contributed by atoms with E-state index in [0.717, 1.165) is 34.7 Å². The lowest BCUT2D eigenvalue weighted by molar-refractivity contribution is 0.0691. The Balaban J connectivity index is 1.63. The van der Waals surface area contributed by atoms with Crippen LogP contribution in [0.5, 0.6) is 5.75 Å². The Morgan fingerprint density at radius 2 is 2.04 bits per heavy atom. The molecule has 0 aliphatic carbocycles. The first-order chi connectivity index (χ1) is 11.7. The van der Waals surface area contributed by atoms with Crippen molar-refractivity contribution in [3.8, 4) is 5.75 Å². The Morgan fingerprint density at radius 3 is 2.88 bits per heavy atom. The third-order valence-electron chi connectivity index (χ3n) is 4.45. The molecular weight excluding hydrogens is 304 g/mol. The first-order valence-corrected chi connectivity index (χ1v) is 8.27. The highest BCUT2D eigenvalue weighted by Gasteiger charge is 2.28. The van der Waals surface area contributed by atoms with Gasteiger partial charge in [-0.2, -0.15) is 0 Å². The Bertz CT molecular complexity index is 907. The number of rotatable bonds is 4. The third-order valence-corrected chi connectivity index (χ3v) is 4.45. The second kappa shape index (κ2) is 5.74. The van der Waals surface area contributed by atoms with Gasteiger partial charge in [-0.05, 0) is 19.9 Å². The molecule has 0 atom stereocenters. The molecule has 0 radical (unpaired) electrons. The van der Waals surface area contributed by atoms with Gasteiger partial charge in [0.05, 0.1) is 12.1 Å². The number of para-hydroxylation sites is 1. The van der Waals surface area contributed by atoms with Gasteiger partial charge in [0, 0.05) is 37.3 Å². The van der Waals surface area contributed by atoms with Crippen molar-refractivity contribution in [2.75, 3.05) is 13.2 Å². The van der Waals surface area contributed by atoms with E-state index in [1.54, 1.807) is 0 Å². The molecule has 3 aromatic rings. The number of hydrogen-bond donors (Lipinski definition) is 0. The lowest BCUT2D eigenvalue weighted by Gasteiger charge is -2.29. The monoisotopic (exact) mass is 324 g/mol. The van der Waals surface area contributed by atoms with E-state index in [-0.39, 0.29) is 5.91 Å². The molecule has 0 fully saturated rings. The third kappa shape index (κ3) is 2.37. The zero-order chi connectivity index (χ0) is 16.7. The van der Waals surface area contributed by atoms with Crippen molar-refractivity contribution < 1.29 is 13.9 Å². The van der Waals surface area contributed by atoms with E-state index in [1.807, 2.05) is 55.1 Å². The Morgan fingerprint density at radius 1 is 1.21 bits per heavy atom. The van der Waals surface area contributed by atoms with E-state index in [2.05, 4.69) is 4.57 Å². The highest BCUT2D eigenvalue weighted by molar-refractivity contribution is 5.98. The van der Waals surface area contributed by atoms with Gasteiger partial charge in [-0.3, -0.25) is 4.79 Å². The van der Waals surface area contributed by atoms with Crippen molar-refractivity contribution in [3.63, 3.8) is 0 Å². The molecular formula is C19H20N2O3. The van der Waals surface area contributed by atoms with E-state index in [1.165, 1.54) is 0 Å². The van der Waals surface area contributed by atoms with Crippen LogP contribution in [0, 0.1) is 6.92 Å². The van der Waals surface area contributed by atoms with Gasteiger partial charge in [-0.25, -0.2) is 0 Å². The number of hydrogen-bond acceptors (Lipinski definition) is 3. The summed E-state index contributed by atoms with van der Waals surface area (Å²) in [5.41, 5.74) is 3.52. The maximum Gasteiger partial charge on any atom is 0.271 e. The van der Waals surface area contributed by atoms with E-state index in [4.69, 9.17) is 9.15 Å². The second-order valence-corrected chi connectivity index (χ2v) is 6.06. The van der Waals surface area contributed by atoms with Crippen LogP contribution in [0.15, 0.2) is 40.8 Å². The standard InChI is InChI=1S/C19H20N2O3/c1-3-23-17-7-5-4-6-14(17)12-20-8-9-21-15-10-13(2)24-18(15)11-16(21)19(20)22/h4-7,10-11H,3,8-9,12H2,1-2H3. The molecule has 0 saturated carbocycles. The van der Waals surface area contributed by atoms with Crippen LogP contribution < -0.4 is 4.74 Å². The van der Waals surface area contributed by atoms with Crippen LogP contribution in [0.25, 0.3) is 11.1 Å². The molecule has 0 unspecified atom stereocenters. The number of carbonyl (C=O) groups is 1. The molecule has 5 heteroatoms. The van der Waals surface area contributed by atoms with E-state index in [9.17, 15) is 4.79 Å². The lowest BCUT2D eigenvalue weighted by atomic mass is 10.1. The fourth-order valence-electron chi connectivity index (χ4n) is 3.35. The van der Waals surface area contributed by atoms with Gasteiger partial charge < -0.3 is 18.6 Å². The molecule has 24 heavy (non-hydrogen) atoms. The number of amides is 1. The van der Waals surface area contributed by atoms with Gasteiger partial charge in [0.25, 0.3) is 5.91 Å². The smallest absolute Gasteiger partial charge is 0.271 e. The molecule has 3 heterocycles. The normalized spacial score (nSPS) is 14.2. The largest absolute Gasteiger partial charge is 0.494 e. The molecule has 0 bridgehead atoms. The average molecular weight is 324 g/mol. The second-order valence-electron chi connectivity index (χ2n) is 6.06. The number of carbonyl (C=O) groups excluding carboxylic acids is 1. The molecule has 1 amide bonds. The number of fused-ring (bicyclic) bond motifs is 3. The Kier molecular flexibility index (Phi) is 3.56. The first-order valence-electron chi connectivity index (χ1n) is 8.27. The van der Waals surface area contributed by atoms with Gasteiger partial charge >= 0.3 is 0 Å². The molecule has 0 spiro atoms. The zero-order valence-corrected chi connectivity index (χ0v) is 13.9. The fraction of sp³-hybridized carbons (Fsp3) is 0.316. The van der Waals surface area contributed by atoms with E-state index in [0.29, 0.717) is 25.4 Å². The van der Waals surface area contributed by atoms with Crippen LogP contribution in [-0.4, -0.2) is 28.5 Å². The summed E-state index contributed by atoms with van der Waals surface area (Å²) in [6.07, 6.45) is 0. The van der Waals surface area contributed by atoms with Crippen molar-refractivity contribution in [1.29, 1.82) is 0 Å². The average Bonchev–Trinajstić information content (AvgIpc) is 3.09. The van der Waals surface area contributed by atoms with Crippen LogP contribution in [0.4, 0.5) is 0 Å². The molecule has 1 aromatic carbocycles. The summed E-state index contributed by atoms with van der Waals surface area (Å²) in [6, 6.07) is 11.7. The summed E-state index contributed by atoms with van der Waals surface area (Å²) < 4.78 is 13.4. The highest BCUT2D eigenvalue weighted by atomic mass is 16.5. The highest BCUT2D eigenvalue weighted by Crippen LogP contribution is 2.28. The quantitative estimate of drug-likeness (QED) is 0.737. The summed E-state index contributed by atoms with van der Waals surface area (Å²) in [6.45, 7) is 6.52. The van der Waals surface area contributed by atoms with Gasteiger partial charge in [0.2, 0.25) is 0 Å². The number of nitrogens with zero attached hydrogens (tertiary/aromatic N) is 2. The fourth-order valence-corrected chi connectivity index (χ4v) is 3.35. The topological polar surface area (TPSA) is 47.6 Å². The van der Waals surface area contributed by atoms with Crippen LogP contribution in [0.3, 0.4) is 0 Å². The summed E-state index contributed by atoms with van der Waals surface area (Å²) in [4.78, 5) is 14.7. The van der Waals surface area contributed by atoms with Crippen molar-refractivity contribution >= 4 is 17.0 Å². The summed E-state index contributed by atoms with van der Waals surface area (Å²) >= 11 is 0. The van der Waals surface area contributed by atoms with E-state index >= 15 is 0 Å². The number of aryl methyl sites for hydroxylation is 1. The molecule has 4 rings (SSSR count). The lowest BCUT2D eigenvalue weighted by Crippen LogP contribution is -2.39. The van der Waals surface area contributed by atoms with Crippen molar-refractivity contribution in [3.05, 3.63) is 53.4 Å². The van der Waals surface area contributed by atoms with E-state index < -0.39 is 0 Å². The summed E-state index contributed by atoms with van der Waals surface area (Å²) in [7, 11) is 0. The Hall–Kier alpha value is -2.69. The van der Waals surface area contributed by atoms with Crippen LogP contribution in [0.1, 0.15) is 28.7 Å². The molecule has 1 aliphatic heterocycles. The van der Waals surface area contributed by atoms with Gasteiger partial charge in [-0.15, -0.1) is 0 Å². The van der Waals surface area contributed by atoms with Gasteiger partial charge in [-0.1, -0.05) is 18.2 Å². The van der Waals surface area contributed by atoms with Crippen LogP contribution in [-0.2, 0) is 13.1 Å². The number of furan rings is 1. The molecule has 2 aromatic heterocycles. The molecule has 5 nitrogen and oxygen atoms in total. The maximum absolute atomic E-state index is 12.9. The van der Waals surface area contributed by atoms with Crippen molar-refractivity contribution in [2.45, 2.75) is 26.9 Å². The number of ether oxygens (including phenoxy) is 1. The minimum atomic E-state index is 0.0385. The number of aromatic nitrogens is 1. The number of benzene rings is 1.